The molecule has 1 atom stereocenters. The van der Waals surface area contributed by atoms with E-state index in [0.717, 1.165) is 21.3 Å². The van der Waals surface area contributed by atoms with Gasteiger partial charge in [-0.2, -0.15) is 0 Å². The van der Waals surface area contributed by atoms with Crippen molar-refractivity contribution in [2.75, 3.05) is 0 Å². The van der Waals surface area contributed by atoms with Crippen LogP contribution in [0.2, 0.25) is 0 Å². The number of imidazole rings is 1. The number of H-pyrrole nitrogens is 1. The summed E-state index contributed by atoms with van der Waals surface area (Å²) in [6, 6.07) is 9.28. The van der Waals surface area contributed by atoms with Gasteiger partial charge in [0.25, 0.3) is 5.91 Å². The summed E-state index contributed by atoms with van der Waals surface area (Å²) in [5.41, 5.74) is 2.35. The fourth-order valence-electron chi connectivity index (χ4n) is 2.06. The van der Waals surface area contributed by atoms with Gasteiger partial charge in [-0.15, -0.1) is 0 Å². The number of hydrogen-bond donors (Lipinski definition) is 2. The first-order chi connectivity index (χ1) is 10.1. The predicted molar refractivity (Wildman–Crippen MR) is 83.9 cm³/mol. The number of carbonyl (C=O) groups is 1. The monoisotopic (exact) mass is 344 g/mol. The standard InChI is InChI=1S/C15H13BrN4O/c1-9(14-19-12-4-2-3-5-13(12)20-14)18-15(21)10-6-11(16)8-17-7-10/h2-9H,1H3,(H,18,21)(H,19,20)/t9-/m1/s1. The van der Waals surface area contributed by atoms with Gasteiger partial charge in [0, 0.05) is 16.9 Å². The van der Waals surface area contributed by atoms with E-state index in [2.05, 4.69) is 36.2 Å². The third-order valence-electron chi connectivity index (χ3n) is 3.13. The van der Waals surface area contributed by atoms with Crippen molar-refractivity contribution in [1.82, 2.24) is 20.3 Å². The second-order valence-electron chi connectivity index (χ2n) is 4.73. The number of nitrogens with one attached hydrogen (secondary N) is 2. The van der Waals surface area contributed by atoms with E-state index in [0.29, 0.717) is 5.56 Å². The summed E-state index contributed by atoms with van der Waals surface area (Å²) in [6.07, 6.45) is 3.17. The minimum absolute atomic E-state index is 0.184. The van der Waals surface area contributed by atoms with Gasteiger partial charge in [0.05, 0.1) is 22.6 Å². The molecule has 0 bridgehead atoms. The molecule has 0 aliphatic heterocycles. The first-order valence-electron chi connectivity index (χ1n) is 6.49. The summed E-state index contributed by atoms with van der Waals surface area (Å²) in [5, 5.41) is 2.91. The molecule has 0 radical (unpaired) electrons. The molecule has 0 fully saturated rings. The first kappa shape index (κ1) is 13.8. The largest absolute Gasteiger partial charge is 0.342 e. The number of carbonyl (C=O) groups excluding carboxylic acids is 1. The highest BCUT2D eigenvalue weighted by Crippen LogP contribution is 2.16. The van der Waals surface area contributed by atoms with E-state index in [9.17, 15) is 4.79 Å². The topological polar surface area (TPSA) is 70.7 Å². The van der Waals surface area contributed by atoms with Crippen LogP contribution in [0.4, 0.5) is 0 Å². The highest BCUT2D eigenvalue weighted by atomic mass is 79.9. The number of para-hydroxylation sites is 2. The average molecular weight is 345 g/mol. The van der Waals surface area contributed by atoms with Crippen molar-refractivity contribution in [3.63, 3.8) is 0 Å². The van der Waals surface area contributed by atoms with Gasteiger partial charge in [-0.3, -0.25) is 9.78 Å². The van der Waals surface area contributed by atoms with Crippen LogP contribution in [0.3, 0.4) is 0 Å². The molecular weight excluding hydrogens is 332 g/mol. The number of rotatable bonds is 3. The van der Waals surface area contributed by atoms with Crippen molar-refractivity contribution in [2.24, 2.45) is 0 Å². The highest BCUT2D eigenvalue weighted by molar-refractivity contribution is 9.10. The predicted octanol–water partition coefficient (Wildman–Crippen LogP) is 3.21. The number of amides is 1. The fraction of sp³-hybridized carbons (Fsp3) is 0.133. The summed E-state index contributed by atoms with van der Waals surface area (Å²) in [6.45, 7) is 1.89. The van der Waals surface area contributed by atoms with Gasteiger partial charge >= 0.3 is 0 Å². The molecule has 3 aromatic rings. The number of pyridine rings is 1. The Bertz CT molecular complexity index is 766. The third-order valence-corrected chi connectivity index (χ3v) is 3.57. The molecule has 0 saturated heterocycles. The van der Waals surface area contributed by atoms with Gasteiger partial charge in [-0.25, -0.2) is 4.98 Å². The molecule has 106 valence electrons. The lowest BCUT2D eigenvalue weighted by atomic mass is 10.2. The lowest BCUT2D eigenvalue weighted by molar-refractivity contribution is 0.0938. The molecule has 0 unspecified atom stereocenters. The van der Waals surface area contributed by atoms with E-state index in [1.807, 2.05) is 31.2 Å². The van der Waals surface area contributed by atoms with Crippen molar-refractivity contribution < 1.29 is 4.79 Å². The Morgan fingerprint density at radius 2 is 2.14 bits per heavy atom. The maximum absolute atomic E-state index is 12.2. The molecule has 2 heterocycles. The summed E-state index contributed by atoms with van der Waals surface area (Å²) < 4.78 is 0.770. The molecule has 0 spiro atoms. The van der Waals surface area contributed by atoms with Crippen LogP contribution in [-0.4, -0.2) is 20.9 Å². The molecule has 1 amide bonds. The molecule has 0 aliphatic rings. The number of benzene rings is 1. The number of hydrogen-bond acceptors (Lipinski definition) is 3. The Kier molecular flexibility index (Phi) is 3.70. The Balaban J connectivity index is 1.79. The SMILES string of the molecule is C[C@@H](NC(=O)c1cncc(Br)c1)c1nc2ccccc2[nH]1. The maximum Gasteiger partial charge on any atom is 0.253 e. The number of fused-ring (bicyclic) bond motifs is 1. The van der Waals surface area contributed by atoms with Crippen LogP contribution < -0.4 is 5.32 Å². The van der Waals surface area contributed by atoms with Crippen molar-refractivity contribution in [3.8, 4) is 0 Å². The van der Waals surface area contributed by atoms with Gasteiger partial charge in [0.1, 0.15) is 5.82 Å². The van der Waals surface area contributed by atoms with Crippen LogP contribution in [0.5, 0.6) is 0 Å². The molecule has 5 nitrogen and oxygen atoms in total. The number of halogens is 1. The average Bonchev–Trinajstić information content (AvgIpc) is 2.91. The quantitative estimate of drug-likeness (QED) is 0.766. The number of aromatic amines is 1. The smallest absolute Gasteiger partial charge is 0.253 e. The Morgan fingerprint density at radius 1 is 1.33 bits per heavy atom. The zero-order chi connectivity index (χ0) is 14.8. The Labute approximate surface area is 129 Å². The minimum atomic E-state index is -0.219. The van der Waals surface area contributed by atoms with E-state index in [-0.39, 0.29) is 11.9 Å². The maximum atomic E-state index is 12.2. The highest BCUT2D eigenvalue weighted by Gasteiger charge is 2.15. The zero-order valence-electron chi connectivity index (χ0n) is 11.3. The molecule has 21 heavy (non-hydrogen) atoms. The molecule has 2 N–H and O–H groups in total. The van der Waals surface area contributed by atoms with Gasteiger partial charge in [-0.1, -0.05) is 12.1 Å². The third kappa shape index (κ3) is 2.95. The molecule has 6 heteroatoms. The second kappa shape index (κ2) is 5.65. The number of aromatic nitrogens is 3. The van der Waals surface area contributed by atoms with Crippen LogP contribution >= 0.6 is 15.9 Å². The fourth-order valence-corrected chi connectivity index (χ4v) is 2.43. The van der Waals surface area contributed by atoms with Gasteiger partial charge in [-0.05, 0) is 41.1 Å². The Hall–Kier alpha value is -2.21. The molecule has 3 rings (SSSR count). The van der Waals surface area contributed by atoms with Crippen LogP contribution in [0.25, 0.3) is 11.0 Å². The van der Waals surface area contributed by atoms with E-state index in [1.54, 1.807) is 12.3 Å². The van der Waals surface area contributed by atoms with E-state index < -0.39 is 0 Å². The van der Waals surface area contributed by atoms with Crippen LogP contribution in [0.1, 0.15) is 29.1 Å². The van der Waals surface area contributed by atoms with Crippen LogP contribution in [-0.2, 0) is 0 Å². The molecular formula is C15H13BrN4O. The number of nitrogens with zero attached hydrogens (tertiary/aromatic N) is 2. The normalized spacial score (nSPS) is 12.3. The molecule has 0 aliphatic carbocycles. The summed E-state index contributed by atoms with van der Waals surface area (Å²) in [5.74, 6) is 0.546. The van der Waals surface area contributed by atoms with Crippen molar-refractivity contribution in [2.45, 2.75) is 13.0 Å². The van der Waals surface area contributed by atoms with E-state index >= 15 is 0 Å². The minimum Gasteiger partial charge on any atom is -0.342 e. The second-order valence-corrected chi connectivity index (χ2v) is 5.64. The molecule has 0 saturated carbocycles. The zero-order valence-corrected chi connectivity index (χ0v) is 12.9. The molecule has 2 aromatic heterocycles. The summed E-state index contributed by atoms with van der Waals surface area (Å²) in [7, 11) is 0. The van der Waals surface area contributed by atoms with Gasteiger partial charge in [0.2, 0.25) is 0 Å². The first-order valence-corrected chi connectivity index (χ1v) is 7.29. The van der Waals surface area contributed by atoms with Gasteiger partial charge in [0.15, 0.2) is 0 Å². The van der Waals surface area contributed by atoms with Crippen molar-refractivity contribution in [3.05, 3.63) is 58.6 Å². The van der Waals surface area contributed by atoms with Crippen molar-refractivity contribution in [1.29, 1.82) is 0 Å². The van der Waals surface area contributed by atoms with Crippen LogP contribution in [0, 0.1) is 0 Å². The molecule has 1 aromatic carbocycles. The van der Waals surface area contributed by atoms with Gasteiger partial charge < -0.3 is 10.3 Å². The van der Waals surface area contributed by atoms with Crippen LogP contribution in [0.15, 0.2) is 47.2 Å². The van der Waals surface area contributed by atoms with E-state index in [1.165, 1.54) is 6.20 Å². The summed E-state index contributed by atoms with van der Waals surface area (Å²) >= 11 is 3.30. The lowest BCUT2D eigenvalue weighted by Gasteiger charge is -2.11. The summed E-state index contributed by atoms with van der Waals surface area (Å²) in [4.78, 5) is 23.9. The van der Waals surface area contributed by atoms with E-state index in [4.69, 9.17) is 0 Å². The lowest BCUT2D eigenvalue weighted by Crippen LogP contribution is -2.27. The Morgan fingerprint density at radius 3 is 2.90 bits per heavy atom. The van der Waals surface area contributed by atoms with Crippen molar-refractivity contribution >= 4 is 32.9 Å².